The molecule has 0 bridgehead atoms. The van der Waals surface area contributed by atoms with Crippen molar-refractivity contribution < 1.29 is 17.9 Å². The number of anilines is 1. The summed E-state index contributed by atoms with van der Waals surface area (Å²) in [4.78, 5) is 14.4. The molecule has 7 nitrogen and oxygen atoms in total. The average Bonchev–Trinajstić information content (AvgIpc) is 2.70. The third-order valence-electron chi connectivity index (χ3n) is 5.23. The summed E-state index contributed by atoms with van der Waals surface area (Å²) in [5.41, 5.74) is 2.69. The topological polar surface area (TPSA) is 87.7 Å². The Kier molecular flexibility index (Phi) is 6.44. The number of hydrogen-bond acceptors (Lipinski definition) is 4. The van der Waals surface area contributed by atoms with Crippen LogP contribution in [0.4, 0.5) is 10.5 Å². The predicted octanol–water partition coefficient (Wildman–Crippen LogP) is 3.29. The molecule has 2 N–H and O–H groups in total. The lowest BCUT2D eigenvalue weighted by molar-refractivity contribution is 0.193. The van der Waals surface area contributed by atoms with Gasteiger partial charge >= 0.3 is 6.03 Å². The van der Waals surface area contributed by atoms with Gasteiger partial charge in [-0.2, -0.15) is 0 Å². The summed E-state index contributed by atoms with van der Waals surface area (Å²) in [7, 11) is -1.98. The van der Waals surface area contributed by atoms with Crippen LogP contribution < -0.4 is 14.8 Å². The highest BCUT2D eigenvalue weighted by atomic mass is 32.2. The Hall–Kier alpha value is -2.58. The van der Waals surface area contributed by atoms with Gasteiger partial charge < -0.3 is 15.0 Å². The fraction of sp³-hybridized carbons (Fsp3) is 0.381. The van der Waals surface area contributed by atoms with E-state index in [1.807, 2.05) is 19.9 Å². The number of carbonyl (C=O) groups excluding carboxylic acids is 1. The average molecular weight is 418 g/mol. The van der Waals surface area contributed by atoms with E-state index in [1.54, 1.807) is 48.4 Å². The van der Waals surface area contributed by atoms with Crippen molar-refractivity contribution in [3.63, 3.8) is 0 Å². The molecule has 29 heavy (non-hydrogen) atoms. The van der Waals surface area contributed by atoms with Crippen molar-refractivity contribution >= 4 is 21.7 Å². The molecule has 2 aromatic carbocycles. The van der Waals surface area contributed by atoms with E-state index in [1.165, 1.54) is 0 Å². The summed E-state index contributed by atoms with van der Waals surface area (Å²) < 4.78 is 33.2. The normalized spacial score (nSPS) is 15.2. The predicted molar refractivity (Wildman–Crippen MR) is 113 cm³/mol. The summed E-state index contributed by atoms with van der Waals surface area (Å²) >= 11 is 0. The highest BCUT2D eigenvalue weighted by Crippen LogP contribution is 2.19. The van der Waals surface area contributed by atoms with Crippen molar-refractivity contribution in [3.05, 3.63) is 53.6 Å². The van der Waals surface area contributed by atoms with Crippen LogP contribution in [0.25, 0.3) is 0 Å². The summed E-state index contributed by atoms with van der Waals surface area (Å²) in [6.45, 7) is 4.82. The van der Waals surface area contributed by atoms with Crippen molar-refractivity contribution in [2.24, 2.45) is 0 Å². The Bertz CT molecular complexity index is 966. The van der Waals surface area contributed by atoms with Gasteiger partial charge in [-0.3, -0.25) is 0 Å². The molecule has 1 saturated heterocycles. The van der Waals surface area contributed by atoms with E-state index in [4.69, 9.17) is 4.74 Å². The first kappa shape index (κ1) is 21.1. The number of hydrogen-bond donors (Lipinski definition) is 2. The Morgan fingerprint density at radius 3 is 2.28 bits per heavy atom. The lowest BCUT2D eigenvalue weighted by Gasteiger charge is -2.32. The number of aryl methyl sites for hydroxylation is 2. The highest BCUT2D eigenvalue weighted by molar-refractivity contribution is 7.89. The minimum Gasteiger partial charge on any atom is -0.497 e. The minimum absolute atomic E-state index is 0.188. The van der Waals surface area contributed by atoms with Crippen LogP contribution in [-0.2, 0) is 10.0 Å². The van der Waals surface area contributed by atoms with E-state index in [-0.39, 0.29) is 17.0 Å². The van der Waals surface area contributed by atoms with Crippen LogP contribution in [-0.4, -0.2) is 45.6 Å². The van der Waals surface area contributed by atoms with Crippen molar-refractivity contribution in [2.45, 2.75) is 37.6 Å². The number of sulfonamides is 1. The number of amides is 2. The molecule has 0 aliphatic carbocycles. The second-order valence-electron chi connectivity index (χ2n) is 7.29. The molecule has 0 spiro atoms. The molecule has 0 unspecified atom stereocenters. The molecule has 1 aliphatic heterocycles. The van der Waals surface area contributed by atoms with E-state index >= 15 is 0 Å². The number of nitrogens with one attached hydrogen (secondary N) is 2. The number of piperidine rings is 1. The molecular formula is C21H27N3O4S. The van der Waals surface area contributed by atoms with Crippen LogP contribution in [0.5, 0.6) is 5.75 Å². The van der Waals surface area contributed by atoms with E-state index in [0.717, 1.165) is 16.9 Å². The van der Waals surface area contributed by atoms with Gasteiger partial charge in [0.05, 0.1) is 12.0 Å². The zero-order valence-electron chi connectivity index (χ0n) is 16.9. The zero-order valence-corrected chi connectivity index (χ0v) is 17.8. The Morgan fingerprint density at radius 1 is 1.03 bits per heavy atom. The van der Waals surface area contributed by atoms with Crippen molar-refractivity contribution in [2.75, 3.05) is 25.5 Å². The lowest BCUT2D eigenvalue weighted by Crippen LogP contribution is -2.47. The zero-order chi connectivity index (χ0) is 21.0. The molecule has 0 aromatic heterocycles. The molecule has 8 heteroatoms. The van der Waals surface area contributed by atoms with Crippen molar-refractivity contribution in [3.8, 4) is 5.75 Å². The fourth-order valence-corrected chi connectivity index (χ4v) is 4.64. The molecule has 0 atom stereocenters. The number of likely N-dealkylation sites (tertiary alicyclic amines) is 1. The number of rotatable bonds is 5. The third-order valence-corrected chi connectivity index (χ3v) is 6.75. The lowest BCUT2D eigenvalue weighted by atomic mass is 10.1. The van der Waals surface area contributed by atoms with Gasteiger partial charge in [0.15, 0.2) is 0 Å². The van der Waals surface area contributed by atoms with Crippen LogP contribution in [0.2, 0.25) is 0 Å². The number of ether oxygens (including phenoxy) is 1. The van der Waals surface area contributed by atoms with E-state index in [2.05, 4.69) is 10.0 Å². The Morgan fingerprint density at radius 2 is 1.69 bits per heavy atom. The molecule has 156 valence electrons. The second-order valence-corrected chi connectivity index (χ2v) is 9.00. The summed E-state index contributed by atoms with van der Waals surface area (Å²) in [6, 6.07) is 11.9. The van der Waals surface area contributed by atoms with Gasteiger partial charge in [0.2, 0.25) is 10.0 Å². The number of urea groups is 1. The van der Waals surface area contributed by atoms with E-state index < -0.39 is 10.0 Å². The number of benzene rings is 2. The van der Waals surface area contributed by atoms with Crippen LogP contribution in [0.15, 0.2) is 47.4 Å². The molecule has 3 rings (SSSR count). The standard InChI is InChI=1S/C21H27N3O4S/c1-15-4-9-20(14-16(15)2)29(26,27)23-18-10-12-24(13-11-18)21(25)22-17-5-7-19(28-3)8-6-17/h4-9,14,18,23H,10-13H2,1-3H3,(H,22,25). The maximum Gasteiger partial charge on any atom is 0.321 e. The number of nitrogens with zero attached hydrogens (tertiary/aromatic N) is 1. The van der Waals surface area contributed by atoms with Crippen LogP contribution in [0.1, 0.15) is 24.0 Å². The van der Waals surface area contributed by atoms with Gasteiger partial charge in [0.1, 0.15) is 5.75 Å². The first-order valence-electron chi connectivity index (χ1n) is 9.58. The van der Waals surface area contributed by atoms with Crippen LogP contribution in [0, 0.1) is 13.8 Å². The molecule has 1 aliphatic rings. The van der Waals surface area contributed by atoms with Gasteiger partial charge in [0, 0.05) is 24.8 Å². The summed E-state index contributed by atoms with van der Waals surface area (Å²) in [5.74, 6) is 0.722. The maximum atomic E-state index is 12.7. The van der Waals surface area contributed by atoms with Crippen molar-refractivity contribution in [1.29, 1.82) is 0 Å². The number of carbonyl (C=O) groups is 1. The SMILES string of the molecule is COc1ccc(NC(=O)N2CCC(NS(=O)(=O)c3ccc(C)c(C)c3)CC2)cc1. The van der Waals surface area contributed by atoms with Gasteiger partial charge in [-0.05, 0) is 74.2 Å². The third kappa shape index (κ3) is 5.27. The van der Waals surface area contributed by atoms with Gasteiger partial charge in [-0.25, -0.2) is 17.9 Å². The molecule has 0 radical (unpaired) electrons. The smallest absolute Gasteiger partial charge is 0.321 e. The largest absolute Gasteiger partial charge is 0.497 e. The van der Waals surface area contributed by atoms with Gasteiger partial charge in [-0.1, -0.05) is 6.07 Å². The summed E-state index contributed by atoms with van der Waals surface area (Å²) in [6.07, 6.45) is 1.14. The Labute approximate surface area is 172 Å². The van der Waals surface area contributed by atoms with Gasteiger partial charge in [-0.15, -0.1) is 0 Å². The van der Waals surface area contributed by atoms with E-state index in [9.17, 15) is 13.2 Å². The molecule has 2 aromatic rings. The monoisotopic (exact) mass is 417 g/mol. The van der Waals surface area contributed by atoms with E-state index in [0.29, 0.717) is 31.6 Å². The molecular weight excluding hydrogens is 390 g/mol. The molecule has 0 saturated carbocycles. The quantitative estimate of drug-likeness (QED) is 0.781. The first-order valence-corrected chi connectivity index (χ1v) is 11.1. The van der Waals surface area contributed by atoms with Crippen LogP contribution in [0.3, 0.4) is 0 Å². The molecule has 2 amide bonds. The molecule has 1 fully saturated rings. The minimum atomic E-state index is -3.57. The number of methoxy groups -OCH3 is 1. The van der Waals surface area contributed by atoms with Crippen LogP contribution >= 0.6 is 0 Å². The fourth-order valence-electron chi connectivity index (χ4n) is 3.25. The Balaban J connectivity index is 1.54. The highest BCUT2D eigenvalue weighted by Gasteiger charge is 2.27. The second kappa shape index (κ2) is 8.84. The molecule has 1 heterocycles. The maximum absolute atomic E-state index is 12.7. The van der Waals surface area contributed by atoms with Crippen molar-refractivity contribution in [1.82, 2.24) is 9.62 Å². The van der Waals surface area contributed by atoms with Gasteiger partial charge in [0.25, 0.3) is 0 Å². The first-order chi connectivity index (χ1) is 13.8. The summed E-state index contributed by atoms with van der Waals surface area (Å²) in [5, 5.41) is 2.86.